The number of rotatable bonds is 5. The molecule has 1 heterocycles. The van der Waals surface area contributed by atoms with Crippen molar-refractivity contribution in [3.05, 3.63) is 59.0 Å². The van der Waals surface area contributed by atoms with E-state index in [-0.39, 0.29) is 18.9 Å². The summed E-state index contributed by atoms with van der Waals surface area (Å²) in [6.45, 7) is 1.67. The van der Waals surface area contributed by atoms with Crippen LogP contribution in [-0.4, -0.2) is 17.6 Å². The van der Waals surface area contributed by atoms with Crippen molar-refractivity contribution in [3.8, 4) is 0 Å². The van der Waals surface area contributed by atoms with Crippen LogP contribution in [0.5, 0.6) is 0 Å². The molecule has 20 heavy (non-hydrogen) atoms. The van der Waals surface area contributed by atoms with Crippen LogP contribution in [-0.2, 0) is 16.8 Å². The van der Waals surface area contributed by atoms with E-state index in [9.17, 15) is 9.90 Å². The van der Waals surface area contributed by atoms with E-state index in [0.717, 1.165) is 5.56 Å². The lowest BCUT2D eigenvalue weighted by atomic mass is 10.0. The number of nitrogens with one attached hydrogen (secondary N) is 1. The largest absolute Gasteiger partial charge is 0.466 e. The van der Waals surface area contributed by atoms with Gasteiger partial charge in [-0.2, -0.15) is 0 Å². The van der Waals surface area contributed by atoms with Crippen molar-refractivity contribution in [2.24, 2.45) is 0 Å². The molecule has 0 fully saturated rings. The van der Waals surface area contributed by atoms with Crippen molar-refractivity contribution in [2.75, 3.05) is 6.54 Å². The maximum Gasteiger partial charge on any atom is 0.224 e. The Labute approximate surface area is 122 Å². The molecule has 0 saturated carbocycles. The van der Waals surface area contributed by atoms with E-state index in [4.69, 9.17) is 16.0 Å². The summed E-state index contributed by atoms with van der Waals surface area (Å²) in [5.41, 5.74) is -0.402. The Kier molecular flexibility index (Phi) is 4.47. The highest BCUT2D eigenvalue weighted by molar-refractivity contribution is 6.30. The van der Waals surface area contributed by atoms with Crippen LogP contribution in [0.1, 0.15) is 18.2 Å². The van der Waals surface area contributed by atoms with E-state index in [1.807, 2.05) is 6.07 Å². The first kappa shape index (κ1) is 14.6. The molecular formula is C15H16ClNO3. The van der Waals surface area contributed by atoms with Gasteiger partial charge in [-0.25, -0.2) is 0 Å². The molecule has 1 atom stereocenters. The Balaban J connectivity index is 1.89. The maximum absolute atomic E-state index is 11.8. The van der Waals surface area contributed by atoms with Gasteiger partial charge in [-0.3, -0.25) is 4.79 Å². The summed E-state index contributed by atoms with van der Waals surface area (Å²) >= 11 is 5.86. The third-order valence-electron chi connectivity index (χ3n) is 2.94. The quantitative estimate of drug-likeness (QED) is 0.890. The molecule has 1 unspecified atom stereocenters. The minimum absolute atomic E-state index is 0.0832. The third-order valence-corrected chi connectivity index (χ3v) is 3.17. The van der Waals surface area contributed by atoms with Crippen LogP contribution in [0, 0.1) is 0 Å². The van der Waals surface area contributed by atoms with Gasteiger partial charge in [0.2, 0.25) is 5.91 Å². The van der Waals surface area contributed by atoms with Gasteiger partial charge >= 0.3 is 0 Å². The molecule has 4 nitrogen and oxygen atoms in total. The Morgan fingerprint density at radius 2 is 2.20 bits per heavy atom. The maximum atomic E-state index is 11.8. The number of furan rings is 1. The molecule has 0 aliphatic heterocycles. The fourth-order valence-electron chi connectivity index (χ4n) is 1.84. The van der Waals surface area contributed by atoms with Crippen molar-refractivity contribution in [1.29, 1.82) is 0 Å². The number of hydrogen-bond acceptors (Lipinski definition) is 3. The number of carbonyl (C=O) groups excluding carboxylic acids is 1. The Bertz CT molecular complexity index is 579. The van der Waals surface area contributed by atoms with E-state index in [0.29, 0.717) is 10.8 Å². The van der Waals surface area contributed by atoms with Crippen molar-refractivity contribution in [2.45, 2.75) is 18.9 Å². The zero-order chi connectivity index (χ0) is 14.6. The molecule has 5 heteroatoms. The van der Waals surface area contributed by atoms with Crippen molar-refractivity contribution in [1.82, 2.24) is 5.32 Å². The Hall–Kier alpha value is -1.78. The summed E-state index contributed by atoms with van der Waals surface area (Å²) < 4.78 is 5.15. The van der Waals surface area contributed by atoms with Crippen molar-refractivity contribution < 1.29 is 14.3 Å². The van der Waals surface area contributed by atoms with Gasteiger partial charge in [0.1, 0.15) is 11.4 Å². The Morgan fingerprint density at radius 1 is 1.40 bits per heavy atom. The van der Waals surface area contributed by atoms with Gasteiger partial charge in [-0.15, -0.1) is 0 Å². The van der Waals surface area contributed by atoms with Gasteiger partial charge < -0.3 is 14.8 Å². The second kappa shape index (κ2) is 6.11. The predicted molar refractivity (Wildman–Crippen MR) is 76.4 cm³/mol. The van der Waals surface area contributed by atoms with Crippen molar-refractivity contribution in [3.63, 3.8) is 0 Å². The van der Waals surface area contributed by atoms with Crippen LogP contribution in [0.4, 0.5) is 0 Å². The van der Waals surface area contributed by atoms with Crippen LogP contribution >= 0.6 is 11.6 Å². The van der Waals surface area contributed by atoms with E-state index < -0.39 is 5.60 Å². The lowest BCUT2D eigenvalue weighted by Gasteiger charge is -2.21. The normalized spacial score (nSPS) is 13.8. The fourth-order valence-corrected chi connectivity index (χ4v) is 2.05. The third kappa shape index (κ3) is 3.85. The Morgan fingerprint density at radius 3 is 2.85 bits per heavy atom. The van der Waals surface area contributed by atoms with E-state index >= 15 is 0 Å². The molecular weight excluding hydrogens is 278 g/mol. The van der Waals surface area contributed by atoms with Gasteiger partial charge in [-0.1, -0.05) is 23.7 Å². The predicted octanol–water partition coefficient (Wildman–Crippen LogP) is 2.50. The van der Waals surface area contributed by atoms with Crippen LogP contribution in [0.2, 0.25) is 5.02 Å². The van der Waals surface area contributed by atoms with Gasteiger partial charge in [0.05, 0.1) is 19.2 Å². The van der Waals surface area contributed by atoms with Crippen LogP contribution in [0.25, 0.3) is 0 Å². The van der Waals surface area contributed by atoms with Crippen molar-refractivity contribution >= 4 is 17.5 Å². The molecule has 1 aromatic heterocycles. The highest BCUT2D eigenvalue weighted by Crippen LogP contribution is 2.19. The zero-order valence-corrected chi connectivity index (χ0v) is 11.9. The van der Waals surface area contributed by atoms with Crippen LogP contribution < -0.4 is 5.32 Å². The monoisotopic (exact) mass is 293 g/mol. The first-order chi connectivity index (χ1) is 9.47. The first-order valence-corrected chi connectivity index (χ1v) is 6.63. The second-order valence-corrected chi connectivity index (χ2v) is 5.27. The number of amides is 1. The molecule has 2 aromatic rings. The summed E-state index contributed by atoms with van der Waals surface area (Å²) in [6.07, 6.45) is 1.70. The minimum Gasteiger partial charge on any atom is -0.466 e. The molecule has 1 amide bonds. The summed E-state index contributed by atoms with van der Waals surface area (Å²) in [4.78, 5) is 11.8. The minimum atomic E-state index is -1.23. The summed E-state index contributed by atoms with van der Waals surface area (Å²) in [5, 5.41) is 13.5. The highest BCUT2D eigenvalue weighted by Gasteiger charge is 2.26. The van der Waals surface area contributed by atoms with Gasteiger partial charge in [0.15, 0.2) is 0 Å². The average Bonchev–Trinajstić information content (AvgIpc) is 2.91. The molecule has 0 bridgehead atoms. The smallest absolute Gasteiger partial charge is 0.224 e. The number of benzene rings is 1. The molecule has 106 valence electrons. The topological polar surface area (TPSA) is 62.5 Å². The van der Waals surface area contributed by atoms with Gasteiger partial charge in [-0.05, 0) is 36.8 Å². The number of halogens is 1. The lowest BCUT2D eigenvalue weighted by molar-refractivity contribution is -0.121. The van der Waals surface area contributed by atoms with E-state index in [1.165, 1.54) is 6.26 Å². The van der Waals surface area contributed by atoms with E-state index in [1.54, 1.807) is 37.3 Å². The number of hydrogen-bond donors (Lipinski definition) is 2. The molecule has 0 spiro atoms. The molecule has 0 radical (unpaired) electrons. The summed E-state index contributed by atoms with van der Waals surface area (Å²) in [7, 11) is 0. The molecule has 2 N–H and O–H groups in total. The molecule has 1 aromatic carbocycles. The molecule has 2 rings (SSSR count). The summed E-state index contributed by atoms with van der Waals surface area (Å²) in [6, 6.07) is 10.5. The second-order valence-electron chi connectivity index (χ2n) is 4.83. The standard InChI is InChI=1S/C15H16ClNO3/c1-15(19,13-6-3-7-20-13)10-17-14(18)9-11-4-2-5-12(16)8-11/h2-8,19H,9-10H2,1H3,(H,17,18). The molecule has 0 aliphatic carbocycles. The van der Waals surface area contributed by atoms with Gasteiger partial charge in [0, 0.05) is 5.02 Å². The molecule has 0 saturated heterocycles. The van der Waals surface area contributed by atoms with E-state index in [2.05, 4.69) is 5.32 Å². The SMILES string of the molecule is CC(O)(CNC(=O)Cc1cccc(Cl)c1)c1ccco1. The van der Waals surface area contributed by atoms with Gasteiger partial charge in [0.25, 0.3) is 0 Å². The number of carbonyl (C=O) groups is 1. The fraction of sp³-hybridized carbons (Fsp3) is 0.267. The first-order valence-electron chi connectivity index (χ1n) is 6.25. The highest BCUT2D eigenvalue weighted by atomic mass is 35.5. The lowest BCUT2D eigenvalue weighted by Crippen LogP contribution is -2.39. The average molecular weight is 294 g/mol. The van der Waals surface area contributed by atoms with Crippen LogP contribution in [0.15, 0.2) is 47.1 Å². The van der Waals surface area contributed by atoms with Crippen LogP contribution in [0.3, 0.4) is 0 Å². The number of aliphatic hydroxyl groups is 1. The summed E-state index contributed by atoms with van der Waals surface area (Å²) in [5.74, 6) is 0.236. The zero-order valence-electron chi connectivity index (χ0n) is 11.1. The molecule has 0 aliphatic rings.